The summed E-state index contributed by atoms with van der Waals surface area (Å²) in [6, 6.07) is 13.0. The molecule has 0 spiro atoms. The molecule has 0 saturated carbocycles. The maximum Gasteiger partial charge on any atom is 0.126 e. The Balaban J connectivity index is 0.00000144. The number of halogens is 1. The second-order valence-corrected chi connectivity index (χ2v) is 3.69. The normalized spacial score (nSPS) is 9.47. The summed E-state index contributed by atoms with van der Waals surface area (Å²) in [6.07, 6.45) is 0. The van der Waals surface area contributed by atoms with Crippen molar-refractivity contribution in [3.63, 3.8) is 0 Å². The molecular formula is C13H15ClN2O. The van der Waals surface area contributed by atoms with Gasteiger partial charge in [-0.25, -0.2) is 4.98 Å². The lowest BCUT2D eigenvalue weighted by atomic mass is 10.2. The van der Waals surface area contributed by atoms with Crippen molar-refractivity contribution in [3.8, 4) is 5.75 Å². The summed E-state index contributed by atoms with van der Waals surface area (Å²) in [4.78, 5) is 4.34. The molecule has 1 aromatic carbocycles. The minimum Gasteiger partial charge on any atom is -0.508 e. The van der Waals surface area contributed by atoms with Gasteiger partial charge >= 0.3 is 0 Å². The van der Waals surface area contributed by atoms with Crippen LogP contribution in [0.25, 0.3) is 0 Å². The maximum absolute atomic E-state index is 9.31. The zero-order chi connectivity index (χ0) is 11.4. The van der Waals surface area contributed by atoms with Crippen LogP contribution in [0.2, 0.25) is 0 Å². The average Bonchev–Trinajstić information content (AvgIpc) is 2.27. The minimum absolute atomic E-state index is 0. The molecule has 0 fully saturated rings. The van der Waals surface area contributed by atoms with Gasteiger partial charge in [0.2, 0.25) is 0 Å². The van der Waals surface area contributed by atoms with Gasteiger partial charge in [-0.15, -0.1) is 12.4 Å². The Hall–Kier alpha value is -1.74. The van der Waals surface area contributed by atoms with E-state index in [1.807, 2.05) is 37.3 Å². The standard InChI is InChI=1S/C13H14N2O.ClH/c1-10-4-2-7-13(15-10)14-9-11-5-3-6-12(16)8-11;/h2-8,16H,9H2,1H3,(H,14,15);1H. The van der Waals surface area contributed by atoms with Crippen LogP contribution in [0.15, 0.2) is 42.5 Å². The zero-order valence-corrected chi connectivity index (χ0v) is 10.4. The van der Waals surface area contributed by atoms with Gasteiger partial charge in [0.25, 0.3) is 0 Å². The highest BCUT2D eigenvalue weighted by molar-refractivity contribution is 5.85. The summed E-state index contributed by atoms with van der Waals surface area (Å²) >= 11 is 0. The van der Waals surface area contributed by atoms with Gasteiger partial charge in [0, 0.05) is 12.2 Å². The Morgan fingerprint density at radius 3 is 2.65 bits per heavy atom. The first-order valence-electron chi connectivity index (χ1n) is 5.19. The molecule has 1 aromatic heterocycles. The molecule has 0 atom stereocenters. The van der Waals surface area contributed by atoms with Crippen LogP contribution in [0.5, 0.6) is 5.75 Å². The molecule has 0 bridgehead atoms. The van der Waals surface area contributed by atoms with E-state index in [9.17, 15) is 5.11 Å². The second kappa shape index (κ2) is 6.11. The summed E-state index contributed by atoms with van der Waals surface area (Å²) in [5.41, 5.74) is 2.02. The molecule has 0 amide bonds. The molecule has 4 heteroatoms. The van der Waals surface area contributed by atoms with Crippen LogP contribution in [-0.2, 0) is 6.54 Å². The molecule has 2 N–H and O–H groups in total. The fourth-order valence-corrected chi connectivity index (χ4v) is 1.50. The predicted octanol–water partition coefficient (Wildman–Crippen LogP) is 3.13. The molecule has 0 unspecified atom stereocenters. The Morgan fingerprint density at radius 1 is 1.18 bits per heavy atom. The van der Waals surface area contributed by atoms with Crippen LogP contribution >= 0.6 is 12.4 Å². The van der Waals surface area contributed by atoms with Crippen molar-refractivity contribution >= 4 is 18.2 Å². The number of hydrogen-bond donors (Lipinski definition) is 2. The molecule has 17 heavy (non-hydrogen) atoms. The SMILES string of the molecule is Cc1cccc(NCc2cccc(O)c2)n1.Cl. The summed E-state index contributed by atoms with van der Waals surface area (Å²) < 4.78 is 0. The Morgan fingerprint density at radius 2 is 1.94 bits per heavy atom. The Bertz CT molecular complexity index is 443. The number of pyridine rings is 1. The fourth-order valence-electron chi connectivity index (χ4n) is 1.50. The molecule has 2 rings (SSSR count). The van der Waals surface area contributed by atoms with E-state index >= 15 is 0 Å². The molecule has 0 aliphatic carbocycles. The van der Waals surface area contributed by atoms with E-state index in [0.717, 1.165) is 17.1 Å². The molecule has 0 saturated heterocycles. The van der Waals surface area contributed by atoms with Crippen molar-refractivity contribution in [2.24, 2.45) is 0 Å². The third-order valence-electron chi connectivity index (χ3n) is 2.27. The van der Waals surface area contributed by atoms with E-state index in [1.165, 1.54) is 0 Å². The first kappa shape index (κ1) is 13.3. The second-order valence-electron chi connectivity index (χ2n) is 3.69. The van der Waals surface area contributed by atoms with Gasteiger partial charge in [-0.3, -0.25) is 0 Å². The van der Waals surface area contributed by atoms with Crippen molar-refractivity contribution < 1.29 is 5.11 Å². The number of hydrogen-bond acceptors (Lipinski definition) is 3. The van der Waals surface area contributed by atoms with E-state index in [-0.39, 0.29) is 18.2 Å². The lowest BCUT2D eigenvalue weighted by molar-refractivity contribution is 0.474. The smallest absolute Gasteiger partial charge is 0.126 e. The molecule has 2 aromatic rings. The summed E-state index contributed by atoms with van der Waals surface area (Å²) in [7, 11) is 0. The molecule has 0 aliphatic rings. The maximum atomic E-state index is 9.31. The molecule has 0 radical (unpaired) electrons. The van der Waals surface area contributed by atoms with Crippen LogP contribution in [0.1, 0.15) is 11.3 Å². The van der Waals surface area contributed by atoms with Gasteiger partial charge in [-0.1, -0.05) is 18.2 Å². The van der Waals surface area contributed by atoms with Crippen molar-refractivity contribution in [2.45, 2.75) is 13.5 Å². The number of nitrogens with zero attached hydrogens (tertiary/aromatic N) is 1. The largest absolute Gasteiger partial charge is 0.508 e. The van der Waals surface area contributed by atoms with Crippen LogP contribution in [0.3, 0.4) is 0 Å². The number of aromatic hydroxyl groups is 1. The average molecular weight is 251 g/mol. The van der Waals surface area contributed by atoms with Gasteiger partial charge in [0.1, 0.15) is 11.6 Å². The number of phenolic OH excluding ortho intramolecular Hbond substituents is 1. The molecule has 1 heterocycles. The monoisotopic (exact) mass is 250 g/mol. The summed E-state index contributed by atoms with van der Waals surface area (Å²) in [5.74, 6) is 1.14. The quantitative estimate of drug-likeness (QED) is 0.880. The topological polar surface area (TPSA) is 45.1 Å². The summed E-state index contributed by atoms with van der Waals surface area (Å²) in [5, 5.41) is 12.5. The number of aryl methyl sites for hydroxylation is 1. The third kappa shape index (κ3) is 3.96. The molecule has 90 valence electrons. The van der Waals surface area contributed by atoms with Crippen molar-refractivity contribution in [1.82, 2.24) is 4.98 Å². The van der Waals surface area contributed by atoms with Gasteiger partial charge in [0.05, 0.1) is 0 Å². The van der Waals surface area contributed by atoms with E-state index in [2.05, 4.69) is 10.3 Å². The van der Waals surface area contributed by atoms with E-state index in [4.69, 9.17) is 0 Å². The van der Waals surface area contributed by atoms with Crippen molar-refractivity contribution in [3.05, 3.63) is 53.7 Å². The highest BCUT2D eigenvalue weighted by atomic mass is 35.5. The number of rotatable bonds is 3. The van der Waals surface area contributed by atoms with Gasteiger partial charge in [-0.2, -0.15) is 0 Å². The zero-order valence-electron chi connectivity index (χ0n) is 9.55. The van der Waals surface area contributed by atoms with Crippen molar-refractivity contribution in [2.75, 3.05) is 5.32 Å². The predicted molar refractivity (Wildman–Crippen MR) is 71.7 cm³/mol. The number of aromatic nitrogens is 1. The van der Waals surface area contributed by atoms with E-state index in [0.29, 0.717) is 6.54 Å². The summed E-state index contributed by atoms with van der Waals surface area (Å²) in [6.45, 7) is 2.62. The first-order chi connectivity index (χ1) is 7.74. The number of benzene rings is 1. The lowest BCUT2D eigenvalue weighted by Crippen LogP contribution is -2.01. The lowest BCUT2D eigenvalue weighted by Gasteiger charge is -2.06. The van der Waals surface area contributed by atoms with Crippen LogP contribution in [0.4, 0.5) is 5.82 Å². The number of nitrogens with one attached hydrogen (secondary N) is 1. The molecule has 0 aliphatic heterocycles. The minimum atomic E-state index is 0. The number of phenols is 1. The van der Waals surface area contributed by atoms with Crippen LogP contribution in [0, 0.1) is 6.92 Å². The Labute approximate surface area is 107 Å². The van der Waals surface area contributed by atoms with Crippen LogP contribution < -0.4 is 5.32 Å². The fraction of sp³-hybridized carbons (Fsp3) is 0.154. The molecule has 3 nitrogen and oxygen atoms in total. The van der Waals surface area contributed by atoms with Gasteiger partial charge in [0.15, 0.2) is 0 Å². The van der Waals surface area contributed by atoms with Crippen molar-refractivity contribution in [1.29, 1.82) is 0 Å². The third-order valence-corrected chi connectivity index (χ3v) is 2.27. The first-order valence-corrected chi connectivity index (χ1v) is 5.19. The van der Waals surface area contributed by atoms with E-state index in [1.54, 1.807) is 12.1 Å². The van der Waals surface area contributed by atoms with Crippen LogP contribution in [-0.4, -0.2) is 10.1 Å². The number of anilines is 1. The van der Waals surface area contributed by atoms with Gasteiger partial charge < -0.3 is 10.4 Å². The molecular weight excluding hydrogens is 236 g/mol. The van der Waals surface area contributed by atoms with Gasteiger partial charge in [-0.05, 0) is 36.8 Å². The van der Waals surface area contributed by atoms with E-state index < -0.39 is 0 Å². The Kier molecular flexibility index (Phi) is 4.79. The highest BCUT2D eigenvalue weighted by Gasteiger charge is 1.96. The highest BCUT2D eigenvalue weighted by Crippen LogP contribution is 2.12.